The minimum absolute atomic E-state index is 0.154. The molecule has 0 saturated carbocycles. The van der Waals surface area contributed by atoms with Crippen LogP contribution in [0, 0.1) is 0 Å². The summed E-state index contributed by atoms with van der Waals surface area (Å²) in [5.74, 6) is 0.181. The molecule has 1 amide bonds. The molecule has 0 N–H and O–H groups in total. The first-order chi connectivity index (χ1) is 10.1. The van der Waals surface area contributed by atoms with Gasteiger partial charge in [0.2, 0.25) is 0 Å². The number of carbonyl (C=O) groups is 2. The monoisotopic (exact) mass is 285 g/mol. The molecule has 0 bridgehead atoms. The van der Waals surface area contributed by atoms with Gasteiger partial charge in [0.25, 0.3) is 5.91 Å². The van der Waals surface area contributed by atoms with Crippen LogP contribution in [0.3, 0.4) is 0 Å². The molecule has 0 unspecified atom stereocenters. The molecule has 0 atom stereocenters. The van der Waals surface area contributed by atoms with Gasteiger partial charge in [-0.05, 0) is 36.4 Å². The number of hydrogen-bond donors (Lipinski definition) is 0. The van der Waals surface area contributed by atoms with E-state index in [4.69, 9.17) is 9.15 Å². The first-order valence-corrected chi connectivity index (χ1v) is 6.31. The number of esters is 1. The summed E-state index contributed by atoms with van der Waals surface area (Å²) in [5, 5.41) is 0. The van der Waals surface area contributed by atoms with Gasteiger partial charge in [-0.3, -0.25) is 4.79 Å². The maximum absolute atomic E-state index is 11.8. The Morgan fingerprint density at radius 3 is 2.67 bits per heavy atom. The highest BCUT2D eigenvalue weighted by Gasteiger charge is 2.09. The molecule has 1 aromatic carbocycles. The van der Waals surface area contributed by atoms with Gasteiger partial charge < -0.3 is 14.1 Å². The van der Waals surface area contributed by atoms with Crippen molar-refractivity contribution in [3.8, 4) is 5.75 Å². The summed E-state index contributed by atoms with van der Waals surface area (Å²) in [6, 6.07) is 9.92. The molecule has 5 nitrogen and oxygen atoms in total. The Morgan fingerprint density at radius 1 is 1.19 bits per heavy atom. The summed E-state index contributed by atoms with van der Waals surface area (Å²) in [6.07, 6.45) is 4.29. The average Bonchev–Trinajstić information content (AvgIpc) is 2.98. The lowest BCUT2D eigenvalue weighted by atomic mass is 10.2. The van der Waals surface area contributed by atoms with Gasteiger partial charge in [0.05, 0.1) is 6.26 Å². The fourth-order valence-electron chi connectivity index (χ4n) is 1.64. The van der Waals surface area contributed by atoms with Crippen LogP contribution in [-0.4, -0.2) is 30.9 Å². The van der Waals surface area contributed by atoms with Crippen LogP contribution in [0.2, 0.25) is 0 Å². The highest BCUT2D eigenvalue weighted by molar-refractivity contribution is 5.94. The zero-order valence-electron chi connectivity index (χ0n) is 11.8. The Balaban J connectivity index is 2.04. The van der Waals surface area contributed by atoms with Gasteiger partial charge in [-0.25, -0.2) is 4.79 Å². The predicted octanol–water partition coefficient (Wildman–Crippen LogP) is 2.60. The summed E-state index contributed by atoms with van der Waals surface area (Å²) >= 11 is 0. The summed E-state index contributed by atoms with van der Waals surface area (Å²) < 4.78 is 10.2. The Kier molecular flexibility index (Phi) is 4.56. The predicted molar refractivity (Wildman–Crippen MR) is 77.8 cm³/mol. The molecule has 0 fully saturated rings. The molecule has 108 valence electrons. The van der Waals surface area contributed by atoms with E-state index in [0.717, 1.165) is 0 Å². The number of amides is 1. The molecular formula is C16H15NO4. The topological polar surface area (TPSA) is 59.8 Å². The molecule has 1 heterocycles. The Labute approximate surface area is 122 Å². The highest BCUT2D eigenvalue weighted by atomic mass is 16.5. The largest absolute Gasteiger partial charge is 0.465 e. The standard InChI is InChI=1S/C16H15NO4/c1-17(2)16(19)12-5-3-6-14(11-12)21-15(18)9-8-13-7-4-10-20-13/h3-11H,1-2H3/b9-8+. The minimum atomic E-state index is -0.541. The van der Waals surface area contributed by atoms with Crippen molar-refractivity contribution in [2.24, 2.45) is 0 Å². The molecule has 0 saturated heterocycles. The zero-order valence-corrected chi connectivity index (χ0v) is 11.8. The van der Waals surface area contributed by atoms with E-state index >= 15 is 0 Å². The molecule has 1 aromatic heterocycles. The highest BCUT2D eigenvalue weighted by Crippen LogP contribution is 2.15. The third-order valence-electron chi connectivity index (χ3n) is 2.63. The molecule has 0 aliphatic heterocycles. The molecule has 2 rings (SSSR count). The van der Waals surface area contributed by atoms with E-state index in [2.05, 4.69) is 0 Å². The molecule has 21 heavy (non-hydrogen) atoms. The summed E-state index contributed by atoms with van der Waals surface area (Å²) in [6.45, 7) is 0. The molecule has 0 aliphatic rings. The number of nitrogens with zero attached hydrogens (tertiary/aromatic N) is 1. The molecule has 0 radical (unpaired) electrons. The van der Waals surface area contributed by atoms with E-state index in [-0.39, 0.29) is 5.91 Å². The Bertz CT molecular complexity index is 657. The van der Waals surface area contributed by atoms with E-state index < -0.39 is 5.97 Å². The number of furan rings is 1. The van der Waals surface area contributed by atoms with Crippen molar-refractivity contribution in [1.29, 1.82) is 0 Å². The van der Waals surface area contributed by atoms with Gasteiger partial charge in [-0.2, -0.15) is 0 Å². The number of rotatable bonds is 4. The van der Waals surface area contributed by atoms with Gasteiger partial charge in [0.15, 0.2) is 0 Å². The minimum Gasteiger partial charge on any atom is -0.465 e. The maximum atomic E-state index is 11.8. The molecule has 0 aliphatic carbocycles. The second-order valence-corrected chi connectivity index (χ2v) is 4.50. The van der Waals surface area contributed by atoms with Crippen LogP contribution < -0.4 is 4.74 Å². The molecule has 0 spiro atoms. The summed E-state index contributed by atoms with van der Waals surface area (Å²) in [5.41, 5.74) is 0.459. The second kappa shape index (κ2) is 6.56. The SMILES string of the molecule is CN(C)C(=O)c1cccc(OC(=O)/C=C/c2ccco2)c1. The summed E-state index contributed by atoms with van der Waals surface area (Å²) in [4.78, 5) is 25.0. The van der Waals surface area contributed by atoms with E-state index in [1.54, 1.807) is 44.4 Å². The zero-order chi connectivity index (χ0) is 15.2. The van der Waals surface area contributed by atoms with Gasteiger partial charge in [-0.15, -0.1) is 0 Å². The first kappa shape index (κ1) is 14.6. The van der Waals surface area contributed by atoms with Crippen LogP contribution in [0.1, 0.15) is 16.1 Å². The van der Waals surface area contributed by atoms with Gasteiger partial charge in [0, 0.05) is 25.7 Å². The smallest absolute Gasteiger partial charge is 0.336 e. The maximum Gasteiger partial charge on any atom is 0.336 e. The second-order valence-electron chi connectivity index (χ2n) is 4.50. The molecule has 5 heteroatoms. The van der Waals surface area contributed by atoms with Crippen LogP contribution in [0.25, 0.3) is 6.08 Å². The van der Waals surface area contributed by atoms with E-state index in [1.807, 2.05) is 0 Å². The van der Waals surface area contributed by atoms with Crippen LogP contribution in [-0.2, 0) is 4.79 Å². The lowest BCUT2D eigenvalue weighted by molar-refractivity contribution is -0.128. The summed E-state index contributed by atoms with van der Waals surface area (Å²) in [7, 11) is 3.32. The number of carbonyl (C=O) groups excluding carboxylic acids is 2. The first-order valence-electron chi connectivity index (χ1n) is 6.31. The van der Waals surface area contributed by atoms with Crippen LogP contribution in [0.5, 0.6) is 5.75 Å². The number of ether oxygens (including phenoxy) is 1. The van der Waals surface area contributed by atoms with Crippen molar-refractivity contribution >= 4 is 18.0 Å². The Hall–Kier alpha value is -2.82. The lowest BCUT2D eigenvalue weighted by Gasteiger charge is -2.10. The van der Waals surface area contributed by atoms with E-state index in [1.165, 1.54) is 29.4 Å². The van der Waals surface area contributed by atoms with Crippen molar-refractivity contribution < 1.29 is 18.7 Å². The van der Waals surface area contributed by atoms with Crippen molar-refractivity contribution in [3.05, 3.63) is 60.1 Å². The van der Waals surface area contributed by atoms with Crippen LogP contribution in [0.15, 0.2) is 53.2 Å². The van der Waals surface area contributed by atoms with Gasteiger partial charge in [-0.1, -0.05) is 6.07 Å². The van der Waals surface area contributed by atoms with Crippen molar-refractivity contribution in [3.63, 3.8) is 0 Å². The van der Waals surface area contributed by atoms with Crippen molar-refractivity contribution in [1.82, 2.24) is 4.90 Å². The van der Waals surface area contributed by atoms with Crippen LogP contribution >= 0.6 is 0 Å². The lowest BCUT2D eigenvalue weighted by Crippen LogP contribution is -2.21. The fourth-order valence-corrected chi connectivity index (χ4v) is 1.64. The number of benzene rings is 1. The molecule has 2 aromatic rings. The fraction of sp³-hybridized carbons (Fsp3) is 0.125. The number of hydrogen-bond acceptors (Lipinski definition) is 4. The normalized spacial score (nSPS) is 10.6. The van der Waals surface area contributed by atoms with Gasteiger partial charge in [0.1, 0.15) is 11.5 Å². The Morgan fingerprint density at radius 2 is 2.00 bits per heavy atom. The third-order valence-corrected chi connectivity index (χ3v) is 2.63. The average molecular weight is 285 g/mol. The van der Waals surface area contributed by atoms with Crippen molar-refractivity contribution in [2.45, 2.75) is 0 Å². The van der Waals surface area contributed by atoms with E-state index in [0.29, 0.717) is 17.1 Å². The van der Waals surface area contributed by atoms with E-state index in [9.17, 15) is 9.59 Å². The third kappa shape index (κ3) is 4.07. The van der Waals surface area contributed by atoms with Crippen LogP contribution in [0.4, 0.5) is 0 Å². The quantitative estimate of drug-likeness (QED) is 0.492. The molecular weight excluding hydrogens is 270 g/mol. The van der Waals surface area contributed by atoms with Crippen molar-refractivity contribution in [2.75, 3.05) is 14.1 Å². The van der Waals surface area contributed by atoms with Gasteiger partial charge >= 0.3 is 5.97 Å².